The van der Waals surface area contributed by atoms with Gasteiger partial charge in [0.25, 0.3) is 0 Å². The van der Waals surface area contributed by atoms with Gasteiger partial charge < -0.3 is 0 Å². The fourth-order valence-corrected chi connectivity index (χ4v) is 2.08. The van der Waals surface area contributed by atoms with Gasteiger partial charge in [0.15, 0.2) is 5.78 Å². The number of ketones is 1. The molecule has 0 atom stereocenters. The molecule has 1 aromatic carbocycles. The largest absolute Gasteiger partial charge is 0.292 e. The van der Waals surface area contributed by atoms with Crippen molar-refractivity contribution in [2.45, 2.75) is 6.42 Å². The third-order valence-electron chi connectivity index (χ3n) is 1.95. The van der Waals surface area contributed by atoms with E-state index in [9.17, 15) is 4.79 Å². The minimum atomic E-state index is -0.00403. The highest BCUT2D eigenvalue weighted by atomic mass is 79.9. The second kappa shape index (κ2) is 4.63. The summed E-state index contributed by atoms with van der Waals surface area (Å²) in [6.45, 7) is 0. The highest BCUT2D eigenvalue weighted by Crippen LogP contribution is 2.17. The van der Waals surface area contributed by atoms with Gasteiger partial charge in [0.2, 0.25) is 0 Å². The molecule has 0 bridgehead atoms. The molecule has 5 heteroatoms. The molecule has 1 heterocycles. The van der Waals surface area contributed by atoms with Crippen LogP contribution in [0.3, 0.4) is 0 Å². The minimum absolute atomic E-state index is 0.00403. The van der Waals surface area contributed by atoms with E-state index in [4.69, 9.17) is 0 Å². The number of nitrogens with zero attached hydrogens (tertiary/aromatic N) is 2. The maximum atomic E-state index is 11.7. The van der Waals surface area contributed by atoms with E-state index in [0.29, 0.717) is 12.1 Å². The van der Waals surface area contributed by atoms with Crippen LogP contribution in [0.4, 0.5) is 0 Å². The maximum Gasteiger partial charge on any atom is 0.188 e. The zero-order chi connectivity index (χ0) is 10.7. The molecule has 0 fully saturated rings. The number of rotatable bonds is 3. The van der Waals surface area contributed by atoms with E-state index >= 15 is 0 Å². The molecule has 2 rings (SSSR count). The fraction of sp³-hybridized carbons (Fsp3) is 0.100. The van der Waals surface area contributed by atoms with Crippen LogP contribution in [-0.2, 0) is 6.42 Å². The van der Waals surface area contributed by atoms with E-state index in [-0.39, 0.29) is 5.78 Å². The van der Waals surface area contributed by atoms with Crippen molar-refractivity contribution in [3.05, 3.63) is 45.4 Å². The summed E-state index contributed by atoms with van der Waals surface area (Å²) in [6.07, 6.45) is 0.354. The Morgan fingerprint density at radius 1 is 1.40 bits per heavy atom. The van der Waals surface area contributed by atoms with E-state index in [0.717, 1.165) is 10.0 Å². The van der Waals surface area contributed by atoms with Gasteiger partial charge in [-0.1, -0.05) is 38.6 Å². The molecule has 0 N–H and O–H groups in total. The molecule has 2 aromatic rings. The van der Waals surface area contributed by atoms with Crippen molar-refractivity contribution in [3.63, 3.8) is 0 Å². The van der Waals surface area contributed by atoms with E-state index in [1.165, 1.54) is 11.5 Å². The monoisotopic (exact) mass is 282 g/mol. The van der Waals surface area contributed by atoms with Crippen molar-refractivity contribution in [2.75, 3.05) is 0 Å². The van der Waals surface area contributed by atoms with E-state index in [2.05, 4.69) is 25.5 Å². The molecule has 15 heavy (non-hydrogen) atoms. The number of carbonyl (C=O) groups excluding carboxylic acids is 1. The summed E-state index contributed by atoms with van der Waals surface area (Å²) < 4.78 is 4.61. The predicted octanol–water partition coefficient (Wildman–Crippen LogP) is 2.73. The summed E-state index contributed by atoms with van der Waals surface area (Å²) in [5.41, 5.74) is 1.41. The summed E-state index contributed by atoms with van der Waals surface area (Å²) in [4.78, 5) is 11.7. The number of benzene rings is 1. The van der Waals surface area contributed by atoms with Crippen molar-refractivity contribution in [3.8, 4) is 0 Å². The molecule has 3 nitrogen and oxygen atoms in total. The molecule has 0 unspecified atom stereocenters. The quantitative estimate of drug-likeness (QED) is 0.813. The normalized spacial score (nSPS) is 10.2. The van der Waals surface area contributed by atoms with E-state index in [1.807, 2.05) is 24.3 Å². The topological polar surface area (TPSA) is 42.9 Å². The number of hydrogen-bond acceptors (Lipinski definition) is 4. The standard InChI is InChI=1S/C10H7BrN2OS/c11-8-4-2-1-3-7(8)5-10(14)9-6-15-13-12-9/h1-4,6H,5H2. The molecule has 0 amide bonds. The second-order valence-corrected chi connectivity index (χ2v) is 4.45. The highest BCUT2D eigenvalue weighted by Gasteiger charge is 2.11. The van der Waals surface area contributed by atoms with Gasteiger partial charge in [0.05, 0.1) is 0 Å². The molecular formula is C10H7BrN2OS. The zero-order valence-electron chi connectivity index (χ0n) is 7.68. The van der Waals surface area contributed by atoms with Gasteiger partial charge in [-0.15, -0.1) is 5.10 Å². The smallest absolute Gasteiger partial charge is 0.188 e. The summed E-state index contributed by atoms with van der Waals surface area (Å²) in [5, 5.41) is 5.41. The molecule has 1 aromatic heterocycles. The van der Waals surface area contributed by atoms with Crippen LogP contribution < -0.4 is 0 Å². The second-order valence-electron chi connectivity index (χ2n) is 2.98. The number of aromatic nitrogens is 2. The van der Waals surface area contributed by atoms with Crippen molar-refractivity contribution in [1.82, 2.24) is 9.59 Å². The molecular weight excluding hydrogens is 276 g/mol. The summed E-state index contributed by atoms with van der Waals surface area (Å²) >= 11 is 4.59. The Balaban J connectivity index is 2.17. The van der Waals surface area contributed by atoms with Gasteiger partial charge in [-0.05, 0) is 23.2 Å². The summed E-state index contributed by atoms with van der Waals surface area (Å²) in [5.74, 6) is -0.00403. The van der Waals surface area contributed by atoms with Crippen LogP contribution in [0.5, 0.6) is 0 Å². The lowest BCUT2D eigenvalue weighted by Gasteiger charge is -2.00. The zero-order valence-corrected chi connectivity index (χ0v) is 10.1. The Bertz CT molecular complexity index is 470. The molecule has 0 aliphatic carbocycles. The Hall–Kier alpha value is -1.07. The first-order valence-electron chi connectivity index (χ1n) is 4.31. The molecule has 0 spiro atoms. The minimum Gasteiger partial charge on any atom is -0.292 e. The number of hydrogen-bond donors (Lipinski definition) is 0. The Kier molecular flexibility index (Phi) is 3.23. The molecule has 76 valence electrons. The van der Waals surface area contributed by atoms with Gasteiger partial charge >= 0.3 is 0 Å². The first-order chi connectivity index (χ1) is 7.27. The first kappa shape index (κ1) is 10.4. The number of Topliss-reactive ketones (excluding diaryl/α,β-unsaturated/α-hetero) is 1. The maximum absolute atomic E-state index is 11.7. The van der Waals surface area contributed by atoms with Crippen molar-refractivity contribution in [1.29, 1.82) is 0 Å². The van der Waals surface area contributed by atoms with Gasteiger partial charge in [0, 0.05) is 16.3 Å². The third kappa shape index (κ3) is 2.49. The lowest BCUT2D eigenvalue weighted by molar-refractivity contribution is 0.0988. The Morgan fingerprint density at radius 2 is 2.20 bits per heavy atom. The average molecular weight is 283 g/mol. The Morgan fingerprint density at radius 3 is 2.87 bits per heavy atom. The van der Waals surface area contributed by atoms with Crippen LogP contribution in [0.15, 0.2) is 34.1 Å². The Labute approximate surface area is 99.4 Å². The summed E-state index contributed by atoms with van der Waals surface area (Å²) in [6, 6.07) is 7.67. The van der Waals surface area contributed by atoms with Gasteiger partial charge in [-0.2, -0.15) is 0 Å². The molecule has 0 radical (unpaired) electrons. The molecule has 0 saturated heterocycles. The van der Waals surface area contributed by atoms with Crippen LogP contribution in [0, 0.1) is 0 Å². The first-order valence-corrected chi connectivity index (χ1v) is 5.94. The lowest BCUT2D eigenvalue weighted by atomic mass is 10.1. The highest BCUT2D eigenvalue weighted by molar-refractivity contribution is 9.10. The van der Waals surface area contributed by atoms with Crippen LogP contribution in [0.25, 0.3) is 0 Å². The van der Waals surface area contributed by atoms with Gasteiger partial charge in [0.1, 0.15) is 5.69 Å². The van der Waals surface area contributed by atoms with Crippen molar-refractivity contribution in [2.24, 2.45) is 0 Å². The van der Waals surface area contributed by atoms with Crippen molar-refractivity contribution >= 4 is 33.2 Å². The molecule has 0 aliphatic heterocycles. The predicted molar refractivity (Wildman–Crippen MR) is 62.1 cm³/mol. The van der Waals surface area contributed by atoms with Gasteiger partial charge in [-0.3, -0.25) is 4.79 Å². The summed E-state index contributed by atoms with van der Waals surface area (Å²) in [7, 11) is 0. The molecule has 0 saturated carbocycles. The third-order valence-corrected chi connectivity index (χ3v) is 3.23. The lowest BCUT2D eigenvalue weighted by Crippen LogP contribution is -2.04. The fourth-order valence-electron chi connectivity index (χ4n) is 1.19. The van der Waals surface area contributed by atoms with Crippen LogP contribution >= 0.6 is 27.5 Å². The molecule has 0 aliphatic rings. The van der Waals surface area contributed by atoms with Crippen LogP contribution in [-0.4, -0.2) is 15.4 Å². The van der Waals surface area contributed by atoms with E-state index < -0.39 is 0 Å². The average Bonchev–Trinajstić information content (AvgIpc) is 2.74. The van der Waals surface area contributed by atoms with Crippen molar-refractivity contribution < 1.29 is 4.79 Å². The number of halogens is 1. The SMILES string of the molecule is O=C(Cc1ccccc1Br)c1csnn1. The van der Waals surface area contributed by atoms with Crippen LogP contribution in [0.2, 0.25) is 0 Å². The van der Waals surface area contributed by atoms with E-state index in [1.54, 1.807) is 5.38 Å². The number of carbonyl (C=O) groups is 1. The van der Waals surface area contributed by atoms with Gasteiger partial charge in [-0.25, -0.2) is 0 Å². The van der Waals surface area contributed by atoms with Crippen LogP contribution in [0.1, 0.15) is 16.1 Å².